The second kappa shape index (κ2) is 8.90. The minimum atomic E-state index is -3.39. The molecule has 0 saturated carbocycles. The molecule has 1 heterocycles. The van der Waals surface area contributed by atoms with E-state index in [4.69, 9.17) is 0 Å². The summed E-state index contributed by atoms with van der Waals surface area (Å²) in [6, 6.07) is 16.2. The van der Waals surface area contributed by atoms with Crippen molar-refractivity contribution in [3.8, 4) is 0 Å². The number of carbonyl (C=O) groups is 1. The smallest absolute Gasteiger partial charge is 0.250 e. The first kappa shape index (κ1) is 19.9. The second-order valence-corrected chi connectivity index (χ2v) is 9.29. The van der Waals surface area contributed by atoms with Gasteiger partial charge in [-0.15, -0.1) is 10.2 Å². The summed E-state index contributed by atoms with van der Waals surface area (Å²) in [7, 11) is -3.39. The summed E-state index contributed by atoms with van der Waals surface area (Å²) in [6.07, 6.45) is 3.35. The number of carbonyl (C=O) groups excluding carboxylic acids is 1. The third-order valence-electron chi connectivity index (χ3n) is 3.89. The van der Waals surface area contributed by atoms with Crippen molar-refractivity contribution in [2.24, 2.45) is 0 Å². The standard InChI is InChI=1S/C20H19N3O3S2/c1-15-7-10-17(11-8-15)28(25,26)14-13-19-22-23-20(27-19)21-18(24)12-9-16-5-3-2-4-6-16/h2-12H,13-14H2,1H3,(H,21,23,24). The van der Waals surface area contributed by atoms with Gasteiger partial charge in [-0.3, -0.25) is 10.1 Å². The van der Waals surface area contributed by atoms with Crippen LogP contribution in [-0.4, -0.2) is 30.3 Å². The number of rotatable bonds is 7. The fourth-order valence-corrected chi connectivity index (χ4v) is 4.49. The predicted octanol–water partition coefficient (Wildman–Crippen LogP) is 3.51. The van der Waals surface area contributed by atoms with Crippen LogP contribution >= 0.6 is 11.3 Å². The molecule has 1 amide bonds. The van der Waals surface area contributed by atoms with Crippen molar-refractivity contribution < 1.29 is 13.2 Å². The number of hydrogen-bond donors (Lipinski definition) is 1. The molecule has 0 atom stereocenters. The third kappa shape index (κ3) is 5.58. The van der Waals surface area contributed by atoms with E-state index in [1.165, 1.54) is 17.4 Å². The van der Waals surface area contributed by atoms with Gasteiger partial charge < -0.3 is 0 Å². The highest BCUT2D eigenvalue weighted by atomic mass is 32.2. The van der Waals surface area contributed by atoms with Crippen molar-refractivity contribution in [1.29, 1.82) is 0 Å². The Morgan fingerprint density at radius 2 is 1.79 bits per heavy atom. The van der Waals surface area contributed by atoms with Crippen molar-refractivity contribution in [3.63, 3.8) is 0 Å². The number of amides is 1. The summed E-state index contributed by atoms with van der Waals surface area (Å²) in [4.78, 5) is 12.3. The Kier molecular flexibility index (Phi) is 6.33. The van der Waals surface area contributed by atoms with E-state index in [9.17, 15) is 13.2 Å². The number of aromatic nitrogens is 2. The van der Waals surface area contributed by atoms with Crippen LogP contribution in [0.1, 0.15) is 16.1 Å². The van der Waals surface area contributed by atoms with Crippen molar-refractivity contribution >= 4 is 38.3 Å². The SMILES string of the molecule is Cc1ccc(S(=O)(=O)CCc2nnc(NC(=O)C=Cc3ccccc3)s2)cc1. The summed E-state index contributed by atoms with van der Waals surface area (Å²) in [5.74, 6) is -0.383. The Hall–Kier alpha value is -2.84. The highest BCUT2D eigenvalue weighted by Crippen LogP contribution is 2.18. The molecule has 144 valence electrons. The molecule has 0 saturated heterocycles. The lowest BCUT2D eigenvalue weighted by atomic mass is 10.2. The number of sulfone groups is 1. The fraction of sp³-hybridized carbons (Fsp3) is 0.150. The van der Waals surface area contributed by atoms with Crippen LogP contribution in [0.15, 0.2) is 65.6 Å². The first-order valence-corrected chi connectivity index (χ1v) is 11.1. The molecule has 1 aromatic heterocycles. The van der Waals surface area contributed by atoms with E-state index < -0.39 is 9.84 Å². The Morgan fingerprint density at radius 1 is 1.07 bits per heavy atom. The van der Waals surface area contributed by atoms with Crippen LogP contribution in [-0.2, 0) is 21.1 Å². The zero-order valence-electron chi connectivity index (χ0n) is 15.2. The van der Waals surface area contributed by atoms with E-state index in [1.807, 2.05) is 37.3 Å². The zero-order chi connectivity index (χ0) is 20.0. The molecule has 0 fully saturated rings. The summed E-state index contributed by atoms with van der Waals surface area (Å²) < 4.78 is 24.8. The average molecular weight is 414 g/mol. The molecule has 3 aromatic rings. The van der Waals surface area contributed by atoms with Gasteiger partial charge in [0.1, 0.15) is 5.01 Å². The number of nitrogens with one attached hydrogen (secondary N) is 1. The number of aryl methyl sites for hydroxylation is 2. The minimum absolute atomic E-state index is 0.0629. The van der Waals surface area contributed by atoms with Gasteiger partial charge in [-0.1, -0.05) is 59.4 Å². The molecular formula is C20H19N3O3S2. The van der Waals surface area contributed by atoms with Crippen LogP contribution in [0.3, 0.4) is 0 Å². The van der Waals surface area contributed by atoms with Crippen LogP contribution in [0.4, 0.5) is 5.13 Å². The maximum atomic E-state index is 12.4. The number of benzene rings is 2. The summed E-state index contributed by atoms with van der Waals surface area (Å²) in [6.45, 7) is 1.91. The molecule has 0 aliphatic heterocycles. The molecule has 0 spiro atoms. The lowest BCUT2D eigenvalue weighted by Gasteiger charge is -2.03. The van der Waals surface area contributed by atoms with Gasteiger partial charge in [-0.25, -0.2) is 8.42 Å². The van der Waals surface area contributed by atoms with Gasteiger partial charge in [0, 0.05) is 12.5 Å². The molecule has 8 heteroatoms. The minimum Gasteiger partial charge on any atom is -0.297 e. The highest BCUT2D eigenvalue weighted by Gasteiger charge is 2.16. The molecule has 0 unspecified atom stereocenters. The van der Waals surface area contributed by atoms with Crippen LogP contribution < -0.4 is 5.32 Å². The molecule has 0 aliphatic rings. The molecule has 2 aromatic carbocycles. The van der Waals surface area contributed by atoms with E-state index in [1.54, 1.807) is 30.3 Å². The van der Waals surface area contributed by atoms with Crippen molar-refractivity contribution in [3.05, 3.63) is 76.8 Å². The van der Waals surface area contributed by atoms with Gasteiger partial charge in [0.25, 0.3) is 0 Å². The van der Waals surface area contributed by atoms with Gasteiger partial charge in [-0.2, -0.15) is 0 Å². The van der Waals surface area contributed by atoms with Gasteiger partial charge in [0.15, 0.2) is 9.84 Å². The quantitative estimate of drug-likeness (QED) is 0.599. The molecule has 0 bridgehead atoms. The molecule has 0 aliphatic carbocycles. The Morgan fingerprint density at radius 3 is 2.50 bits per heavy atom. The summed E-state index contributed by atoms with van der Waals surface area (Å²) in [5, 5.41) is 11.4. The molecule has 28 heavy (non-hydrogen) atoms. The lowest BCUT2D eigenvalue weighted by molar-refractivity contribution is -0.111. The summed E-state index contributed by atoms with van der Waals surface area (Å²) >= 11 is 1.17. The maximum Gasteiger partial charge on any atom is 0.250 e. The van der Waals surface area contributed by atoms with E-state index in [0.717, 1.165) is 11.1 Å². The van der Waals surface area contributed by atoms with E-state index in [0.29, 0.717) is 15.0 Å². The normalized spacial score (nSPS) is 11.6. The first-order chi connectivity index (χ1) is 13.4. The van der Waals surface area contributed by atoms with Gasteiger partial charge in [-0.05, 0) is 30.7 Å². The molecule has 0 radical (unpaired) electrons. The molecule has 6 nitrogen and oxygen atoms in total. The molecule has 3 rings (SSSR count). The Labute approximate surface area is 167 Å². The van der Waals surface area contributed by atoms with E-state index >= 15 is 0 Å². The maximum absolute atomic E-state index is 12.4. The highest BCUT2D eigenvalue weighted by molar-refractivity contribution is 7.91. The van der Waals surface area contributed by atoms with Gasteiger partial charge in [0.2, 0.25) is 11.0 Å². The van der Waals surface area contributed by atoms with Crippen molar-refractivity contribution in [2.45, 2.75) is 18.2 Å². The van der Waals surface area contributed by atoms with Crippen LogP contribution in [0.25, 0.3) is 6.08 Å². The Bertz CT molecular complexity index is 1070. The van der Waals surface area contributed by atoms with E-state index in [2.05, 4.69) is 15.5 Å². The first-order valence-electron chi connectivity index (χ1n) is 8.58. The number of anilines is 1. The van der Waals surface area contributed by atoms with Crippen LogP contribution in [0.5, 0.6) is 0 Å². The fourth-order valence-electron chi connectivity index (χ4n) is 2.37. The monoisotopic (exact) mass is 413 g/mol. The van der Waals surface area contributed by atoms with Crippen molar-refractivity contribution in [1.82, 2.24) is 10.2 Å². The third-order valence-corrected chi connectivity index (χ3v) is 6.52. The predicted molar refractivity (Wildman–Crippen MR) is 111 cm³/mol. The summed E-state index contributed by atoms with van der Waals surface area (Å²) in [5.41, 5.74) is 1.92. The second-order valence-electron chi connectivity index (χ2n) is 6.12. The van der Waals surface area contributed by atoms with E-state index in [-0.39, 0.29) is 18.1 Å². The average Bonchev–Trinajstić information content (AvgIpc) is 3.13. The Balaban J connectivity index is 1.56. The molecule has 1 N–H and O–H groups in total. The zero-order valence-corrected chi connectivity index (χ0v) is 16.8. The lowest BCUT2D eigenvalue weighted by Crippen LogP contribution is -2.09. The van der Waals surface area contributed by atoms with Gasteiger partial charge >= 0.3 is 0 Å². The topological polar surface area (TPSA) is 89.0 Å². The van der Waals surface area contributed by atoms with Crippen LogP contribution in [0.2, 0.25) is 0 Å². The number of hydrogen-bond acceptors (Lipinski definition) is 6. The number of nitrogens with zero attached hydrogens (tertiary/aromatic N) is 2. The largest absolute Gasteiger partial charge is 0.297 e. The van der Waals surface area contributed by atoms with Gasteiger partial charge in [0.05, 0.1) is 10.6 Å². The van der Waals surface area contributed by atoms with Crippen molar-refractivity contribution in [2.75, 3.05) is 11.1 Å². The van der Waals surface area contributed by atoms with Crippen LogP contribution in [0, 0.1) is 6.92 Å². The molecular weight excluding hydrogens is 394 g/mol.